The Morgan fingerprint density at radius 3 is 2.26 bits per heavy atom. The van der Waals surface area contributed by atoms with Crippen LogP contribution in [0.4, 0.5) is 13.6 Å². The van der Waals surface area contributed by atoms with Gasteiger partial charge in [0.05, 0.1) is 11.4 Å². The summed E-state index contributed by atoms with van der Waals surface area (Å²) < 4.78 is 33.3. The third-order valence-electron chi connectivity index (χ3n) is 4.67. The Morgan fingerprint density at radius 2 is 1.55 bits per heavy atom. The van der Waals surface area contributed by atoms with E-state index in [1.54, 1.807) is 66.7 Å². The predicted molar refractivity (Wildman–Crippen MR) is 115 cm³/mol. The average molecular weight is 437 g/mol. The van der Waals surface area contributed by atoms with Gasteiger partial charge in [-0.05, 0) is 47.7 Å². The maximum atomic E-state index is 13.9. The number of carbonyl (C=O) groups is 2. The van der Waals surface area contributed by atoms with Gasteiger partial charge in [0.15, 0.2) is 0 Å². The van der Waals surface area contributed by atoms with Crippen LogP contribution in [0.3, 0.4) is 0 Å². The van der Waals surface area contributed by atoms with Gasteiger partial charge in [0, 0.05) is 11.1 Å². The largest absolute Gasteiger partial charge is 0.489 e. The Morgan fingerprint density at radius 1 is 0.871 bits per heavy atom. The van der Waals surface area contributed by atoms with Crippen LogP contribution in [-0.4, -0.2) is 16.0 Å². The van der Waals surface area contributed by atoms with Crippen molar-refractivity contribution >= 4 is 29.0 Å². The molecule has 3 aromatic carbocycles. The zero-order valence-corrected chi connectivity index (χ0v) is 17.1. The first-order chi connectivity index (χ1) is 15.0. The summed E-state index contributed by atoms with van der Waals surface area (Å²) in [4.78, 5) is 26.3. The highest BCUT2D eigenvalue weighted by atomic mass is 32.2. The first-order valence-electron chi connectivity index (χ1n) is 9.46. The van der Waals surface area contributed by atoms with Crippen LogP contribution in [-0.2, 0) is 17.9 Å². The Labute approximate surface area is 182 Å². The van der Waals surface area contributed by atoms with E-state index in [0.717, 1.165) is 16.7 Å². The summed E-state index contributed by atoms with van der Waals surface area (Å²) >= 11 is 0.805. The number of nitrogens with zero attached hydrogens (tertiary/aromatic N) is 1. The van der Waals surface area contributed by atoms with E-state index in [-0.39, 0.29) is 29.4 Å². The summed E-state index contributed by atoms with van der Waals surface area (Å²) in [5.74, 6) is -0.786. The fourth-order valence-electron chi connectivity index (χ4n) is 3.06. The molecule has 4 nitrogen and oxygen atoms in total. The second kappa shape index (κ2) is 9.14. The molecule has 156 valence electrons. The van der Waals surface area contributed by atoms with Gasteiger partial charge in [0.2, 0.25) is 0 Å². The number of benzene rings is 3. The summed E-state index contributed by atoms with van der Waals surface area (Å²) in [6.07, 6.45) is 1.59. The van der Waals surface area contributed by atoms with Crippen LogP contribution in [0.25, 0.3) is 6.08 Å². The van der Waals surface area contributed by atoms with Gasteiger partial charge >= 0.3 is 0 Å². The molecule has 0 radical (unpaired) electrons. The van der Waals surface area contributed by atoms with Gasteiger partial charge in [-0.25, -0.2) is 8.78 Å². The molecule has 0 aromatic heterocycles. The van der Waals surface area contributed by atoms with Crippen LogP contribution < -0.4 is 4.74 Å². The molecule has 0 saturated carbocycles. The zero-order valence-electron chi connectivity index (χ0n) is 16.3. The molecular formula is C24H17F2NO3S. The molecular weight excluding hydrogens is 420 g/mol. The number of rotatable bonds is 6. The fraction of sp³-hybridized carbons (Fsp3) is 0.0833. The predicted octanol–water partition coefficient (Wildman–Crippen LogP) is 5.78. The quantitative estimate of drug-likeness (QED) is 0.459. The number of carbonyl (C=O) groups excluding carboxylic acids is 2. The van der Waals surface area contributed by atoms with Crippen LogP contribution in [0.1, 0.15) is 16.7 Å². The molecule has 0 unspecified atom stereocenters. The van der Waals surface area contributed by atoms with E-state index >= 15 is 0 Å². The monoisotopic (exact) mass is 437 g/mol. The third-order valence-corrected chi connectivity index (χ3v) is 5.58. The van der Waals surface area contributed by atoms with Crippen molar-refractivity contribution in [2.75, 3.05) is 0 Å². The molecule has 1 aliphatic rings. The second-order valence-corrected chi connectivity index (χ2v) is 7.81. The Hall–Kier alpha value is -3.45. The van der Waals surface area contributed by atoms with Gasteiger partial charge in [0.1, 0.15) is 24.0 Å². The smallest absolute Gasteiger partial charge is 0.293 e. The zero-order chi connectivity index (χ0) is 21.8. The fourth-order valence-corrected chi connectivity index (χ4v) is 3.89. The standard InChI is InChI=1S/C24H17F2NO3S/c25-20-10-3-1-7-17(20)14-27-23(28)22(31-24(27)29)13-16-6-5-9-19(12-16)30-15-18-8-2-4-11-21(18)26/h1-13H,14-15H2/b22-13-. The van der Waals surface area contributed by atoms with E-state index < -0.39 is 17.0 Å². The van der Waals surface area contributed by atoms with E-state index in [2.05, 4.69) is 0 Å². The number of hydrogen-bond acceptors (Lipinski definition) is 4. The van der Waals surface area contributed by atoms with Crippen molar-refractivity contribution in [1.29, 1.82) is 0 Å². The summed E-state index contributed by atoms with van der Waals surface area (Å²) in [6, 6.07) is 19.3. The second-order valence-electron chi connectivity index (χ2n) is 6.81. The minimum atomic E-state index is -0.476. The molecule has 1 aliphatic heterocycles. The van der Waals surface area contributed by atoms with E-state index in [9.17, 15) is 18.4 Å². The van der Waals surface area contributed by atoms with Gasteiger partial charge in [-0.2, -0.15) is 0 Å². The van der Waals surface area contributed by atoms with Crippen molar-refractivity contribution in [2.24, 2.45) is 0 Å². The summed E-state index contributed by atoms with van der Waals surface area (Å²) in [5, 5.41) is -0.452. The maximum absolute atomic E-state index is 13.9. The molecule has 31 heavy (non-hydrogen) atoms. The lowest BCUT2D eigenvalue weighted by molar-refractivity contribution is -0.123. The molecule has 0 bridgehead atoms. The molecule has 2 amide bonds. The molecule has 1 fully saturated rings. The lowest BCUT2D eigenvalue weighted by atomic mass is 10.2. The number of imide groups is 1. The lowest BCUT2D eigenvalue weighted by Crippen LogP contribution is -2.27. The Bertz CT molecular complexity index is 1180. The van der Waals surface area contributed by atoms with Crippen molar-refractivity contribution in [3.05, 3.63) is 106 Å². The molecule has 1 saturated heterocycles. The molecule has 0 N–H and O–H groups in total. The van der Waals surface area contributed by atoms with Gasteiger partial charge < -0.3 is 4.74 Å². The molecule has 4 rings (SSSR count). The molecule has 3 aromatic rings. The molecule has 0 aliphatic carbocycles. The van der Waals surface area contributed by atoms with E-state index in [4.69, 9.17) is 4.74 Å². The van der Waals surface area contributed by atoms with Gasteiger partial charge in [-0.15, -0.1) is 0 Å². The van der Waals surface area contributed by atoms with Crippen LogP contribution in [0.15, 0.2) is 77.7 Å². The van der Waals surface area contributed by atoms with Crippen molar-refractivity contribution in [3.63, 3.8) is 0 Å². The lowest BCUT2D eigenvalue weighted by Gasteiger charge is -2.12. The number of amides is 2. The first kappa shape index (κ1) is 20.8. The van der Waals surface area contributed by atoms with Crippen molar-refractivity contribution in [2.45, 2.75) is 13.2 Å². The SMILES string of the molecule is O=C1S/C(=C\c2cccc(OCc3ccccc3F)c2)C(=O)N1Cc1ccccc1F. The van der Waals surface area contributed by atoms with Crippen molar-refractivity contribution in [1.82, 2.24) is 4.90 Å². The van der Waals surface area contributed by atoms with Crippen LogP contribution in [0, 0.1) is 11.6 Å². The number of halogens is 2. The summed E-state index contributed by atoms with van der Waals surface area (Å²) in [7, 11) is 0. The summed E-state index contributed by atoms with van der Waals surface area (Å²) in [6.45, 7) is -0.0598. The molecule has 7 heteroatoms. The van der Waals surface area contributed by atoms with Gasteiger partial charge in [0.25, 0.3) is 11.1 Å². The van der Waals surface area contributed by atoms with Crippen molar-refractivity contribution in [3.8, 4) is 5.75 Å². The van der Waals surface area contributed by atoms with Gasteiger partial charge in [-0.3, -0.25) is 14.5 Å². The Balaban J connectivity index is 1.48. The maximum Gasteiger partial charge on any atom is 0.293 e. The minimum Gasteiger partial charge on any atom is -0.489 e. The molecule has 0 spiro atoms. The summed E-state index contributed by atoms with van der Waals surface area (Å²) in [5.41, 5.74) is 1.36. The van der Waals surface area contributed by atoms with Gasteiger partial charge in [-0.1, -0.05) is 48.5 Å². The number of ether oxygens (including phenoxy) is 1. The number of hydrogen-bond donors (Lipinski definition) is 0. The van der Waals surface area contributed by atoms with Crippen LogP contribution in [0.5, 0.6) is 5.75 Å². The normalized spacial score (nSPS) is 15.0. The van der Waals surface area contributed by atoms with Crippen molar-refractivity contribution < 1.29 is 23.1 Å². The topological polar surface area (TPSA) is 46.6 Å². The highest BCUT2D eigenvalue weighted by molar-refractivity contribution is 8.18. The van der Waals surface area contributed by atoms with E-state index in [1.165, 1.54) is 12.1 Å². The number of thioether (sulfide) groups is 1. The highest BCUT2D eigenvalue weighted by Gasteiger charge is 2.35. The van der Waals surface area contributed by atoms with Crippen LogP contribution in [0.2, 0.25) is 0 Å². The van der Waals surface area contributed by atoms with Crippen LogP contribution >= 0.6 is 11.8 Å². The third kappa shape index (κ3) is 4.83. The molecule has 0 atom stereocenters. The first-order valence-corrected chi connectivity index (χ1v) is 10.3. The highest BCUT2D eigenvalue weighted by Crippen LogP contribution is 2.34. The average Bonchev–Trinajstić information content (AvgIpc) is 3.02. The molecule has 1 heterocycles. The Kier molecular flexibility index (Phi) is 6.13. The minimum absolute atomic E-state index is 0.0648. The van der Waals surface area contributed by atoms with E-state index in [1.807, 2.05) is 0 Å². The van der Waals surface area contributed by atoms with E-state index in [0.29, 0.717) is 16.9 Å².